The van der Waals surface area contributed by atoms with Gasteiger partial charge in [-0.1, -0.05) is 36.4 Å². The van der Waals surface area contributed by atoms with Crippen LogP contribution in [0.1, 0.15) is 35.1 Å². The van der Waals surface area contributed by atoms with Gasteiger partial charge in [0.1, 0.15) is 5.56 Å². The van der Waals surface area contributed by atoms with Crippen molar-refractivity contribution >= 4 is 17.6 Å². The van der Waals surface area contributed by atoms with Crippen molar-refractivity contribution in [2.75, 3.05) is 11.4 Å². The summed E-state index contributed by atoms with van der Waals surface area (Å²) in [6.45, 7) is 5.28. The average molecular weight is 416 g/mol. The van der Waals surface area contributed by atoms with Crippen LogP contribution in [-0.2, 0) is 9.53 Å². The standard InChI is InChI=1S/C24H24N4O3/c1-17-22(18(2)28(26-17)21-13-8-5-9-14-21)24(30)31-19(3)23(29)27(16-10-15-25)20-11-6-4-7-12-20/h4-9,11-14,19H,10,16H2,1-3H3/t19-/m1/s1. The molecule has 0 fully saturated rings. The number of rotatable bonds is 7. The van der Waals surface area contributed by atoms with Gasteiger partial charge >= 0.3 is 5.97 Å². The maximum absolute atomic E-state index is 13.0. The van der Waals surface area contributed by atoms with Crippen molar-refractivity contribution in [3.8, 4) is 11.8 Å². The number of para-hydroxylation sites is 2. The molecule has 0 aliphatic rings. The van der Waals surface area contributed by atoms with Crippen molar-refractivity contribution in [2.24, 2.45) is 0 Å². The summed E-state index contributed by atoms with van der Waals surface area (Å²) in [5, 5.41) is 13.4. The third-order valence-electron chi connectivity index (χ3n) is 4.91. The lowest BCUT2D eigenvalue weighted by atomic mass is 10.2. The number of amides is 1. The molecule has 0 spiro atoms. The van der Waals surface area contributed by atoms with Crippen molar-refractivity contribution in [2.45, 2.75) is 33.3 Å². The van der Waals surface area contributed by atoms with E-state index >= 15 is 0 Å². The number of hydrogen-bond acceptors (Lipinski definition) is 5. The number of esters is 1. The molecule has 2 aromatic carbocycles. The molecule has 7 nitrogen and oxygen atoms in total. The average Bonchev–Trinajstić information content (AvgIpc) is 3.09. The third kappa shape index (κ3) is 4.81. The Morgan fingerprint density at radius 2 is 1.71 bits per heavy atom. The highest BCUT2D eigenvalue weighted by molar-refractivity contribution is 5.99. The van der Waals surface area contributed by atoms with Gasteiger partial charge in [0, 0.05) is 12.2 Å². The molecule has 0 radical (unpaired) electrons. The minimum Gasteiger partial charge on any atom is -0.449 e. The molecule has 0 saturated carbocycles. The predicted octanol–water partition coefficient (Wildman–Crippen LogP) is 3.98. The first-order valence-electron chi connectivity index (χ1n) is 10.00. The number of aryl methyl sites for hydroxylation is 1. The highest BCUT2D eigenvalue weighted by Crippen LogP contribution is 2.21. The van der Waals surface area contributed by atoms with Crippen LogP contribution in [0, 0.1) is 25.2 Å². The van der Waals surface area contributed by atoms with E-state index in [0.29, 0.717) is 22.6 Å². The second-order valence-electron chi connectivity index (χ2n) is 7.07. The Bertz CT molecular complexity index is 1100. The minimum absolute atomic E-state index is 0.170. The van der Waals surface area contributed by atoms with E-state index in [1.165, 1.54) is 11.8 Å². The number of ether oxygens (including phenoxy) is 1. The number of anilines is 1. The molecule has 31 heavy (non-hydrogen) atoms. The maximum atomic E-state index is 13.0. The first kappa shape index (κ1) is 21.8. The maximum Gasteiger partial charge on any atom is 0.342 e. The summed E-state index contributed by atoms with van der Waals surface area (Å²) in [6.07, 6.45) is -0.853. The molecule has 0 aliphatic carbocycles. The molecule has 1 aromatic heterocycles. The van der Waals surface area contributed by atoms with E-state index in [1.807, 2.05) is 54.6 Å². The summed E-state index contributed by atoms with van der Waals surface area (Å²) >= 11 is 0. The topological polar surface area (TPSA) is 88.2 Å². The number of benzene rings is 2. The molecular formula is C24H24N4O3. The van der Waals surface area contributed by atoms with Crippen molar-refractivity contribution in [3.63, 3.8) is 0 Å². The number of carbonyl (C=O) groups excluding carboxylic acids is 2. The Morgan fingerprint density at radius 1 is 1.10 bits per heavy atom. The molecule has 1 heterocycles. The largest absolute Gasteiger partial charge is 0.449 e. The zero-order valence-electron chi connectivity index (χ0n) is 17.8. The fourth-order valence-corrected chi connectivity index (χ4v) is 3.38. The van der Waals surface area contributed by atoms with E-state index in [4.69, 9.17) is 10.00 Å². The van der Waals surface area contributed by atoms with Crippen LogP contribution in [0.25, 0.3) is 5.69 Å². The number of nitriles is 1. The molecule has 1 amide bonds. The molecule has 0 saturated heterocycles. The number of carbonyl (C=O) groups is 2. The minimum atomic E-state index is -1.02. The normalized spacial score (nSPS) is 11.4. The van der Waals surface area contributed by atoms with Gasteiger partial charge in [-0.25, -0.2) is 9.48 Å². The van der Waals surface area contributed by atoms with Crippen molar-refractivity contribution < 1.29 is 14.3 Å². The van der Waals surface area contributed by atoms with Crippen LogP contribution in [0.2, 0.25) is 0 Å². The SMILES string of the molecule is Cc1nn(-c2ccccc2)c(C)c1C(=O)O[C@H](C)C(=O)N(CCC#N)c1ccccc1. The lowest BCUT2D eigenvalue weighted by molar-refractivity contribution is -0.126. The second kappa shape index (κ2) is 9.72. The van der Waals surface area contributed by atoms with Crippen LogP contribution in [-0.4, -0.2) is 34.3 Å². The van der Waals surface area contributed by atoms with Crippen LogP contribution in [0.4, 0.5) is 5.69 Å². The number of hydrogen-bond donors (Lipinski definition) is 0. The summed E-state index contributed by atoms with van der Waals surface area (Å²) in [7, 11) is 0. The second-order valence-corrected chi connectivity index (χ2v) is 7.07. The fourth-order valence-electron chi connectivity index (χ4n) is 3.38. The van der Waals surface area contributed by atoms with Gasteiger partial charge in [0.05, 0.1) is 29.6 Å². The molecule has 3 aromatic rings. The summed E-state index contributed by atoms with van der Waals surface area (Å²) in [4.78, 5) is 27.4. The molecule has 0 unspecified atom stereocenters. The van der Waals surface area contributed by atoms with E-state index in [9.17, 15) is 9.59 Å². The highest BCUT2D eigenvalue weighted by atomic mass is 16.5. The van der Waals surface area contributed by atoms with Gasteiger partial charge in [-0.05, 0) is 45.0 Å². The summed E-state index contributed by atoms with van der Waals surface area (Å²) < 4.78 is 7.21. The van der Waals surface area contributed by atoms with Gasteiger partial charge in [0.2, 0.25) is 0 Å². The van der Waals surface area contributed by atoms with Crippen molar-refractivity contribution in [1.82, 2.24) is 9.78 Å². The third-order valence-corrected chi connectivity index (χ3v) is 4.91. The molecule has 0 bridgehead atoms. The van der Waals surface area contributed by atoms with E-state index in [1.54, 1.807) is 30.7 Å². The lowest BCUT2D eigenvalue weighted by Crippen LogP contribution is -2.40. The first-order valence-corrected chi connectivity index (χ1v) is 10.00. The van der Waals surface area contributed by atoms with Gasteiger partial charge in [0.15, 0.2) is 6.10 Å². The monoisotopic (exact) mass is 416 g/mol. The Kier molecular flexibility index (Phi) is 6.83. The van der Waals surface area contributed by atoms with Gasteiger partial charge in [0.25, 0.3) is 5.91 Å². The molecule has 0 N–H and O–H groups in total. The summed E-state index contributed by atoms with van der Waals surface area (Å²) in [6, 6.07) is 20.6. The molecule has 3 rings (SSSR count). The Morgan fingerprint density at radius 3 is 2.32 bits per heavy atom. The van der Waals surface area contributed by atoms with Crippen molar-refractivity contribution in [3.05, 3.63) is 77.6 Å². The number of aromatic nitrogens is 2. The van der Waals surface area contributed by atoms with Crippen LogP contribution in [0.3, 0.4) is 0 Å². The highest BCUT2D eigenvalue weighted by Gasteiger charge is 2.28. The van der Waals surface area contributed by atoms with Crippen molar-refractivity contribution in [1.29, 1.82) is 5.26 Å². The van der Waals surface area contributed by atoms with Gasteiger partial charge in [-0.15, -0.1) is 0 Å². The zero-order chi connectivity index (χ0) is 22.4. The molecular weight excluding hydrogens is 392 g/mol. The van der Waals surface area contributed by atoms with Gasteiger partial charge in [-0.2, -0.15) is 10.4 Å². The predicted molar refractivity (Wildman–Crippen MR) is 117 cm³/mol. The van der Waals surface area contributed by atoms with E-state index in [-0.39, 0.29) is 18.9 Å². The zero-order valence-corrected chi connectivity index (χ0v) is 17.8. The summed E-state index contributed by atoms with van der Waals surface area (Å²) in [5.41, 5.74) is 2.98. The van der Waals surface area contributed by atoms with Gasteiger partial charge < -0.3 is 9.64 Å². The molecule has 1 atom stereocenters. The van der Waals surface area contributed by atoms with E-state index < -0.39 is 12.1 Å². The smallest absolute Gasteiger partial charge is 0.342 e. The van der Waals surface area contributed by atoms with Crippen LogP contribution >= 0.6 is 0 Å². The van der Waals surface area contributed by atoms with E-state index in [0.717, 1.165) is 5.69 Å². The Labute approximate surface area is 181 Å². The quantitative estimate of drug-likeness (QED) is 0.544. The molecule has 158 valence electrons. The van der Waals surface area contributed by atoms with Crippen LogP contribution < -0.4 is 4.90 Å². The van der Waals surface area contributed by atoms with Crippen LogP contribution in [0.15, 0.2) is 60.7 Å². The Balaban J connectivity index is 1.80. The Hall–Kier alpha value is -3.92. The lowest BCUT2D eigenvalue weighted by Gasteiger charge is -2.25. The van der Waals surface area contributed by atoms with Gasteiger partial charge in [-0.3, -0.25) is 4.79 Å². The molecule has 7 heteroatoms. The number of nitrogens with zero attached hydrogens (tertiary/aromatic N) is 4. The van der Waals surface area contributed by atoms with Crippen LogP contribution in [0.5, 0.6) is 0 Å². The summed E-state index contributed by atoms with van der Waals surface area (Å²) in [5.74, 6) is -0.994. The first-order chi connectivity index (χ1) is 14.9. The molecule has 0 aliphatic heterocycles. The fraction of sp³-hybridized carbons (Fsp3) is 0.250. The van der Waals surface area contributed by atoms with E-state index in [2.05, 4.69) is 5.10 Å².